The van der Waals surface area contributed by atoms with E-state index in [9.17, 15) is 15.0 Å². The van der Waals surface area contributed by atoms with Crippen molar-refractivity contribution in [2.24, 2.45) is 23.2 Å². The molecule has 0 aliphatic heterocycles. The average Bonchev–Trinajstić information content (AvgIpc) is 3.20. The molecule has 0 aromatic heterocycles. The van der Waals surface area contributed by atoms with E-state index in [0.29, 0.717) is 18.3 Å². The highest BCUT2D eigenvalue weighted by molar-refractivity contribution is 5.96. The number of phenols is 1. The van der Waals surface area contributed by atoms with Gasteiger partial charge in [0.2, 0.25) is 5.91 Å². The van der Waals surface area contributed by atoms with Crippen LogP contribution in [0.25, 0.3) is 10.8 Å². The number of aliphatic hydroxyl groups excluding tert-OH is 1. The number of rotatable bonds is 6. The quantitative estimate of drug-likeness (QED) is 0.293. The van der Waals surface area contributed by atoms with Gasteiger partial charge in [-0.15, -0.1) is 0 Å². The van der Waals surface area contributed by atoms with E-state index < -0.39 is 12.3 Å². The van der Waals surface area contributed by atoms with Gasteiger partial charge in [0.25, 0.3) is 0 Å². The van der Waals surface area contributed by atoms with Crippen molar-refractivity contribution >= 4 is 22.4 Å². The first-order chi connectivity index (χ1) is 18.8. The van der Waals surface area contributed by atoms with E-state index in [1.165, 1.54) is 16.3 Å². The number of alkyl halides is 1. The summed E-state index contributed by atoms with van der Waals surface area (Å²) in [5.41, 5.74) is 3.86. The molecule has 0 bridgehead atoms. The van der Waals surface area contributed by atoms with Gasteiger partial charge in [-0.25, -0.2) is 4.39 Å². The zero-order valence-corrected chi connectivity index (χ0v) is 23.0. The number of carbonyl (C=O) groups excluding carboxylic acids is 1. The molecule has 0 saturated heterocycles. The Morgan fingerprint density at radius 3 is 2.74 bits per heavy atom. The molecule has 2 fully saturated rings. The van der Waals surface area contributed by atoms with Crippen molar-refractivity contribution < 1.29 is 19.4 Å². The van der Waals surface area contributed by atoms with Crippen LogP contribution in [0.5, 0.6) is 5.75 Å². The standard InChI is InChI=1S/C34H40FNO3/c1-20(37)36-30-15-11-21-7-3-5-9-25(21)27(30)10-6-4-8-22-17-23-18-24(38)12-13-26(23)33-29(35)19-34(2)28(32(22)33)14-16-31(34)39/h3,5,7,9,11-13,15,18,22,28-29,31-33,38-39H,4,6,8,10,14,16-17,19H2,1-2H3,(H,36,37)/t22-,28+,29+,31+,32+,33+,34+/m1/s1. The third kappa shape index (κ3) is 4.63. The molecule has 1 amide bonds. The number of aromatic hydroxyl groups is 1. The summed E-state index contributed by atoms with van der Waals surface area (Å²) in [4.78, 5) is 11.9. The Kier molecular flexibility index (Phi) is 6.91. The van der Waals surface area contributed by atoms with Gasteiger partial charge < -0.3 is 15.5 Å². The molecule has 4 nitrogen and oxygen atoms in total. The summed E-state index contributed by atoms with van der Waals surface area (Å²) >= 11 is 0. The number of halogens is 1. The van der Waals surface area contributed by atoms with E-state index in [-0.39, 0.29) is 28.9 Å². The van der Waals surface area contributed by atoms with E-state index in [1.54, 1.807) is 13.0 Å². The number of phenolic OH excluding ortho intramolecular Hbond substituents is 1. The Labute approximate surface area is 230 Å². The van der Waals surface area contributed by atoms with E-state index in [2.05, 4.69) is 30.4 Å². The van der Waals surface area contributed by atoms with E-state index in [0.717, 1.165) is 61.8 Å². The number of unbranched alkanes of at least 4 members (excludes halogenated alkanes) is 1. The van der Waals surface area contributed by atoms with Crippen molar-refractivity contribution in [3.05, 3.63) is 71.3 Å². The summed E-state index contributed by atoms with van der Waals surface area (Å²) in [6.45, 7) is 3.66. The number of amides is 1. The Balaban J connectivity index is 1.25. The number of aliphatic hydroxyl groups is 1. The predicted octanol–water partition coefficient (Wildman–Crippen LogP) is 7.31. The van der Waals surface area contributed by atoms with Crippen LogP contribution in [-0.2, 0) is 17.6 Å². The second-order valence-electron chi connectivity index (χ2n) is 12.6. The van der Waals surface area contributed by atoms with Crippen molar-refractivity contribution in [2.45, 2.75) is 83.4 Å². The highest BCUT2D eigenvalue weighted by Crippen LogP contribution is 2.63. The highest BCUT2D eigenvalue weighted by atomic mass is 19.1. The van der Waals surface area contributed by atoms with Crippen LogP contribution in [0.3, 0.4) is 0 Å². The summed E-state index contributed by atoms with van der Waals surface area (Å²) in [5, 5.41) is 26.5. The number of anilines is 1. The van der Waals surface area contributed by atoms with Crippen molar-refractivity contribution in [1.82, 2.24) is 0 Å². The molecule has 2 saturated carbocycles. The Hall–Kier alpha value is -2.92. The number of fused-ring (bicyclic) bond motifs is 6. The highest BCUT2D eigenvalue weighted by Gasteiger charge is 2.59. The minimum atomic E-state index is -0.981. The first kappa shape index (κ1) is 26.3. The minimum absolute atomic E-state index is 0.0680. The van der Waals surface area contributed by atoms with Gasteiger partial charge in [0, 0.05) is 18.5 Å². The molecule has 5 heteroatoms. The zero-order valence-electron chi connectivity index (χ0n) is 23.0. The largest absolute Gasteiger partial charge is 0.508 e. The fourth-order valence-electron chi connectivity index (χ4n) is 8.65. The molecule has 3 N–H and O–H groups in total. The van der Waals surface area contributed by atoms with E-state index in [4.69, 9.17) is 0 Å². The van der Waals surface area contributed by atoms with Gasteiger partial charge in [-0.2, -0.15) is 0 Å². The normalized spacial score (nSPS) is 31.4. The second kappa shape index (κ2) is 10.2. The predicted molar refractivity (Wildman–Crippen MR) is 154 cm³/mol. The number of hydrogen-bond acceptors (Lipinski definition) is 3. The molecule has 39 heavy (non-hydrogen) atoms. The maximum atomic E-state index is 16.0. The minimum Gasteiger partial charge on any atom is -0.508 e. The van der Waals surface area contributed by atoms with Crippen LogP contribution in [-0.4, -0.2) is 28.4 Å². The lowest BCUT2D eigenvalue weighted by molar-refractivity contribution is -0.114. The maximum absolute atomic E-state index is 16.0. The summed E-state index contributed by atoms with van der Waals surface area (Å²) in [6, 6.07) is 17.9. The van der Waals surface area contributed by atoms with Gasteiger partial charge in [-0.1, -0.05) is 49.7 Å². The summed E-state index contributed by atoms with van der Waals surface area (Å²) < 4.78 is 16.0. The van der Waals surface area contributed by atoms with Crippen molar-refractivity contribution in [2.75, 3.05) is 5.32 Å². The first-order valence-corrected chi connectivity index (χ1v) is 14.7. The molecule has 3 aromatic carbocycles. The second-order valence-corrected chi connectivity index (χ2v) is 12.6. The van der Waals surface area contributed by atoms with Crippen LogP contribution in [0.1, 0.15) is 75.0 Å². The molecule has 3 aromatic rings. The lowest BCUT2D eigenvalue weighted by Gasteiger charge is -2.54. The van der Waals surface area contributed by atoms with Crippen molar-refractivity contribution in [3.63, 3.8) is 0 Å². The average molecular weight is 530 g/mol. The Morgan fingerprint density at radius 2 is 1.92 bits per heavy atom. The SMILES string of the molecule is CC(=O)Nc1ccc2ccccc2c1CCCC[C@@H]1Cc2cc(O)ccc2[C@@H]2[C@@H]1[C@@H]1CC[C@H](O)[C@@]1(C)C[C@@H]2F. The Morgan fingerprint density at radius 1 is 1.10 bits per heavy atom. The van der Waals surface area contributed by atoms with E-state index in [1.807, 2.05) is 30.3 Å². The first-order valence-electron chi connectivity index (χ1n) is 14.7. The van der Waals surface area contributed by atoms with Gasteiger partial charge >= 0.3 is 0 Å². The fourth-order valence-corrected chi connectivity index (χ4v) is 8.65. The molecule has 0 unspecified atom stereocenters. The van der Waals surface area contributed by atoms with Crippen molar-refractivity contribution in [1.29, 1.82) is 0 Å². The number of benzene rings is 3. The number of carbonyl (C=O) groups is 1. The van der Waals surface area contributed by atoms with Gasteiger partial charge in [0.15, 0.2) is 0 Å². The number of nitrogens with one attached hydrogen (secondary N) is 1. The zero-order chi connectivity index (χ0) is 27.3. The summed E-state index contributed by atoms with van der Waals surface area (Å²) in [6.07, 6.45) is 5.43. The van der Waals surface area contributed by atoms with Crippen LogP contribution in [0, 0.1) is 23.2 Å². The van der Waals surface area contributed by atoms with Crippen LogP contribution in [0.4, 0.5) is 10.1 Å². The fraction of sp³-hybridized carbons (Fsp3) is 0.500. The lowest BCUT2D eigenvalue weighted by atomic mass is 9.51. The third-order valence-electron chi connectivity index (χ3n) is 10.4. The van der Waals surface area contributed by atoms with Crippen LogP contribution >= 0.6 is 0 Å². The number of aryl methyl sites for hydroxylation is 1. The molecular formula is C34H40FNO3. The topological polar surface area (TPSA) is 69.6 Å². The molecule has 6 rings (SSSR count). The summed E-state index contributed by atoms with van der Waals surface area (Å²) in [5.74, 6) is 0.870. The molecule has 3 aliphatic carbocycles. The van der Waals surface area contributed by atoms with Gasteiger partial charge in [-0.05, 0) is 114 Å². The van der Waals surface area contributed by atoms with Crippen LogP contribution in [0.15, 0.2) is 54.6 Å². The number of hydrogen-bond donors (Lipinski definition) is 3. The monoisotopic (exact) mass is 529 g/mol. The van der Waals surface area contributed by atoms with Gasteiger partial charge in [0.1, 0.15) is 11.9 Å². The van der Waals surface area contributed by atoms with E-state index >= 15 is 4.39 Å². The van der Waals surface area contributed by atoms with Crippen LogP contribution in [0.2, 0.25) is 0 Å². The van der Waals surface area contributed by atoms with Gasteiger partial charge in [-0.3, -0.25) is 4.79 Å². The third-order valence-corrected chi connectivity index (χ3v) is 10.4. The van der Waals surface area contributed by atoms with Gasteiger partial charge in [0.05, 0.1) is 6.10 Å². The smallest absolute Gasteiger partial charge is 0.221 e. The molecular weight excluding hydrogens is 489 g/mol. The molecule has 0 radical (unpaired) electrons. The van der Waals surface area contributed by atoms with Crippen molar-refractivity contribution in [3.8, 4) is 5.75 Å². The molecule has 7 atom stereocenters. The molecule has 3 aliphatic rings. The van der Waals surface area contributed by atoms with Crippen LogP contribution < -0.4 is 5.32 Å². The Bertz CT molecular complexity index is 1390. The maximum Gasteiger partial charge on any atom is 0.221 e. The molecule has 0 spiro atoms. The lowest BCUT2D eigenvalue weighted by Crippen LogP contribution is -2.51. The molecule has 206 valence electrons. The summed E-state index contributed by atoms with van der Waals surface area (Å²) in [7, 11) is 0. The molecule has 0 heterocycles.